The normalized spacial score (nSPS) is 17.6. The number of amides is 2. The third-order valence-corrected chi connectivity index (χ3v) is 7.27. The van der Waals surface area contributed by atoms with Crippen LogP contribution in [0.4, 0.5) is 17.1 Å². The number of benzene rings is 4. The number of carbonyl (C=O) groups is 2. The van der Waals surface area contributed by atoms with Crippen LogP contribution in [-0.2, 0) is 9.59 Å². The lowest BCUT2D eigenvalue weighted by atomic mass is 9.93. The molecule has 0 N–H and O–H groups in total. The van der Waals surface area contributed by atoms with E-state index in [2.05, 4.69) is 0 Å². The number of hydrogen-bond donors (Lipinski definition) is 0. The number of nitro benzene ring substituents is 1. The summed E-state index contributed by atoms with van der Waals surface area (Å²) in [5.41, 5.74) is 5.86. The van der Waals surface area contributed by atoms with Gasteiger partial charge in [0.15, 0.2) is 0 Å². The molecule has 0 bridgehead atoms. The fourth-order valence-corrected chi connectivity index (χ4v) is 5.33. The van der Waals surface area contributed by atoms with Gasteiger partial charge in [-0.2, -0.15) is 0 Å². The topological polar surface area (TPSA) is 83.8 Å². The van der Waals surface area contributed by atoms with Crippen molar-refractivity contribution in [2.45, 2.75) is 19.9 Å². The van der Waals surface area contributed by atoms with Gasteiger partial charge in [-0.15, -0.1) is 0 Å². The third-order valence-electron chi connectivity index (χ3n) is 7.27. The highest BCUT2D eigenvalue weighted by Crippen LogP contribution is 2.50. The van der Waals surface area contributed by atoms with Crippen molar-refractivity contribution in [2.24, 2.45) is 0 Å². The summed E-state index contributed by atoms with van der Waals surface area (Å²) in [7, 11) is 0. The van der Waals surface area contributed by atoms with Gasteiger partial charge in [0.2, 0.25) is 0 Å². The zero-order valence-electron chi connectivity index (χ0n) is 21.9. The smallest absolute Gasteiger partial charge is 0.276 e. The number of anilines is 2. The second kappa shape index (κ2) is 9.78. The molecule has 0 spiro atoms. The lowest BCUT2D eigenvalue weighted by Crippen LogP contribution is -2.38. The molecule has 0 aliphatic carbocycles. The number of rotatable bonds is 5. The highest BCUT2D eigenvalue weighted by atomic mass is 16.6. The van der Waals surface area contributed by atoms with Crippen LogP contribution in [0, 0.1) is 24.0 Å². The summed E-state index contributed by atoms with van der Waals surface area (Å²) in [5, 5.41) is 11.5. The van der Waals surface area contributed by atoms with E-state index in [-0.39, 0.29) is 17.5 Å². The summed E-state index contributed by atoms with van der Waals surface area (Å²) < 4.78 is 0. The van der Waals surface area contributed by atoms with Gasteiger partial charge >= 0.3 is 0 Å². The average molecular weight is 528 g/mol. The van der Waals surface area contributed by atoms with Gasteiger partial charge < -0.3 is 0 Å². The first-order valence-corrected chi connectivity index (χ1v) is 12.9. The van der Waals surface area contributed by atoms with Crippen molar-refractivity contribution in [1.29, 1.82) is 0 Å². The molecule has 0 saturated heterocycles. The molecule has 0 radical (unpaired) electrons. The maximum absolute atomic E-state index is 14.4. The van der Waals surface area contributed by atoms with Crippen molar-refractivity contribution >= 4 is 35.0 Å². The number of aryl methyl sites for hydroxylation is 2. The summed E-state index contributed by atoms with van der Waals surface area (Å²) in [6, 6.07) is 30.4. The first-order valence-electron chi connectivity index (χ1n) is 12.9. The molecule has 0 fully saturated rings. The van der Waals surface area contributed by atoms with Crippen LogP contribution in [0.1, 0.15) is 28.3 Å². The SMILES string of the molecule is Cc1ccc(N2C(=O)/C(=C/c3cccc([N+](=O)[O-])c3)C3=C2C(=O)N(c2ccc(C)cc2)C3c2ccccc2)cc1. The molecule has 1 atom stereocenters. The van der Waals surface area contributed by atoms with Gasteiger partial charge in [-0.3, -0.25) is 29.5 Å². The summed E-state index contributed by atoms with van der Waals surface area (Å²) in [4.78, 5) is 42.7. The Hall–Kier alpha value is -5.30. The van der Waals surface area contributed by atoms with Crippen molar-refractivity contribution in [2.75, 3.05) is 9.80 Å². The lowest BCUT2D eigenvalue weighted by molar-refractivity contribution is -0.384. The van der Waals surface area contributed by atoms with Gasteiger partial charge in [0.05, 0.1) is 11.0 Å². The van der Waals surface area contributed by atoms with Crippen LogP contribution in [0.5, 0.6) is 0 Å². The van der Waals surface area contributed by atoms with Gasteiger partial charge in [0, 0.05) is 34.7 Å². The Kier molecular flexibility index (Phi) is 6.11. The highest BCUT2D eigenvalue weighted by Gasteiger charge is 2.52. The Balaban J connectivity index is 1.60. The van der Waals surface area contributed by atoms with E-state index in [9.17, 15) is 19.7 Å². The fraction of sp³-hybridized carbons (Fsp3) is 0.0909. The summed E-state index contributed by atoms with van der Waals surface area (Å²) in [5.74, 6) is -0.637. The summed E-state index contributed by atoms with van der Waals surface area (Å²) >= 11 is 0. The molecule has 2 aliphatic heterocycles. The molecular formula is C33H25N3O4. The molecule has 2 amide bonds. The van der Waals surface area contributed by atoms with Crippen LogP contribution in [0.2, 0.25) is 0 Å². The minimum Gasteiger partial charge on any atom is -0.295 e. The molecule has 7 nitrogen and oxygen atoms in total. The second-order valence-electron chi connectivity index (χ2n) is 9.97. The van der Waals surface area contributed by atoms with Gasteiger partial charge in [-0.25, -0.2) is 0 Å². The van der Waals surface area contributed by atoms with E-state index in [1.807, 2.05) is 92.7 Å². The summed E-state index contributed by atoms with van der Waals surface area (Å²) in [6.07, 6.45) is 1.65. The first-order chi connectivity index (χ1) is 19.3. The Bertz CT molecular complexity index is 1720. The Morgan fingerprint density at radius 1 is 0.750 bits per heavy atom. The third kappa shape index (κ3) is 4.18. The zero-order chi connectivity index (χ0) is 28.0. The van der Waals surface area contributed by atoms with Crippen LogP contribution < -0.4 is 9.80 Å². The Morgan fingerprint density at radius 3 is 2.00 bits per heavy atom. The molecule has 4 aromatic rings. The zero-order valence-corrected chi connectivity index (χ0v) is 21.9. The minimum absolute atomic E-state index is 0.0761. The van der Waals surface area contributed by atoms with Gasteiger partial charge in [-0.05, 0) is 55.3 Å². The molecule has 40 heavy (non-hydrogen) atoms. The molecule has 7 heteroatoms. The van der Waals surface area contributed by atoms with E-state index in [1.165, 1.54) is 17.0 Å². The predicted octanol–water partition coefficient (Wildman–Crippen LogP) is 6.68. The quantitative estimate of drug-likeness (QED) is 0.165. The van der Waals surface area contributed by atoms with E-state index in [1.54, 1.807) is 23.1 Å². The molecule has 2 aliphatic rings. The standard InChI is InChI=1S/C33H25N3O4/c1-21-11-15-25(16-12-21)34-30(24-8-4-3-5-9-24)29-28(20-23-7-6-10-27(19-23)36(39)40)32(37)35(31(29)33(34)38)26-17-13-22(2)14-18-26/h3-20,30H,1-2H3/b28-20+. The number of carbonyl (C=O) groups excluding carboxylic acids is 2. The number of non-ortho nitro benzene ring substituents is 1. The number of nitro groups is 1. The molecular weight excluding hydrogens is 502 g/mol. The van der Waals surface area contributed by atoms with Crippen LogP contribution >= 0.6 is 0 Å². The molecule has 1 unspecified atom stereocenters. The van der Waals surface area contributed by atoms with E-state index in [4.69, 9.17) is 0 Å². The maximum Gasteiger partial charge on any atom is 0.276 e. The largest absolute Gasteiger partial charge is 0.295 e. The van der Waals surface area contributed by atoms with Gasteiger partial charge in [0.25, 0.3) is 17.5 Å². The molecule has 196 valence electrons. The van der Waals surface area contributed by atoms with E-state index < -0.39 is 11.0 Å². The van der Waals surface area contributed by atoms with Crippen LogP contribution in [0.15, 0.2) is 120 Å². The lowest BCUT2D eigenvalue weighted by Gasteiger charge is -2.30. The molecule has 0 saturated carbocycles. The van der Waals surface area contributed by atoms with Gasteiger partial charge in [-0.1, -0.05) is 77.9 Å². The van der Waals surface area contributed by atoms with Crippen molar-refractivity contribution in [3.8, 4) is 0 Å². The molecule has 2 heterocycles. The van der Waals surface area contributed by atoms with Crippen LogP contribution in [0.25, 0.3) is 6.08 Å². The monoisotopic (exact) mass is 527 g/mol. The van der Waals surface area contributed by atoms with Crippen molar-refractivity contribution in [3.63, 3.8) is 0 Å². The molecule has 0 aromatic heterocycles. The van der Waals surface area contributed by atoms with Crippen LogP contribution in [0.3, 0.4) is 0 Å². The highest BCUT2D eigenvalue weighted by molar-refractivity contribution is 6.29. The van der Waals surface area contributed by atoms with E-state index in [0.717, 1.165) is 16.7 Å². The van der Waals surface area contributed by atoms with Crippen molar-refractivity contribution in [1.82, 2.24) is 0 Å². The predicted molar refractivity (Wildman–Crippen MR) is 155 cm³/mol. The maximum atomic E-state index is 14.4. The fourth-order valence-electron chi connectivity index (χ4n) is 5.33. The molecule has 4 aromatic carbocycles. The second-order valence-corrected chi connectivity index (χ2v) is 9.97. The average Bonchev–Trinajstić information content (AvgIpc) is 3.41. The first kappa shape index (κ1) is 25.0. The Labute approximate surface area is 231 Å². The summed E-state index contributed by atoms with van der Waals surface area (Å²) in [6.45, 7) is 3.94. The number of nitrogens with zero attached hydrogens (tertiary/aromatic N) is 3. The molecule has 6 rings (SSSR count). The van der Waals surface area contributed by atoms with Crippen molar-refractivity contribution < 1.29 is 14.5 Å². The van der Waals surface area contributed by atoms with E-state index >= 15 is 0 Å². The Morgan fingerprint density at radius 2 is 1.38 bits per heavy atom. The van der Waals surface area contributed by atoms with Crippen LogP contribution in [-0.4, -0.2) is 16.7 Å². The minimum atomic E-state index is -0.573. The van der Waals surface area contributed by atoms with Crippen molar-refractivity contribution in [3.05, 3.63) is 152 Å². The van der Waals surface area contributed by atoms with Gasteiger partial charge in [0.1, 0.15) is 5.70 Å². The van der Waals surface area contributed by atoms with E-state index in [0.29, 0.717) is 33.8 Å². The number of hydrogen-bond acceptors (Lipinski definition) is 4.